The van der Waals surface area contributed by atoms with Gasteiger partial charge in [0.25, 0.3) is 0 Å². The minimum Gasteiger partial charge on any atom is -0.422 e. The van der Waals surface area contributed by atoms with E-state index in [1.165, 1.54) is 0 Å². The predicted octanol–water partition coefficient (Wildman–Crippen LogP) is 4.68. The molecule has 0 aliphatic heterocycles. The molecule has 0 spiro atoms. The summed E-state index contributed by atoms with van der Waals surface area (Å²) in [6.07, 6.45) is 0. The Morgan fingerprint density at radius 3 is 2.41 bits per heavy atom. The third-order valence-electron chi connectivity index (χ3n) is 4.45. The van der Waals surface area contributed by atoms with Crippen LogP contribution in [0.1, 0.15) is 13.8 Å². The number of anilines is 2. The van der Waals surface area contributed by atoms with Gasteiger partial charge in [-0.15, -0.1) is 0 Å². The van der Waals surface area contributed by atoms with Crippen LogP contribution in [0.25, 0.3) is 22.1 Å². The Balaban J connectivity index is 1.96. The first-order chi connectivity index (χ1) is 13.0. The molecular formula is C21H21IN2O3. The molecule has 0 saturated heterocycles. The molecule has 0 fully saturated rings. The minimum absolute atomic E-state index is 0.0578. The third kappa shape index (κ3) is 4.32. The van der Waals surface area contributed by atoms with Crippen molar-refractivity contribution in [1.82, 2.24) is 0 Å². The highest BCUT2D eigenvalue weighted by atomic mass is 127. The Bertz CT molecular complexity index is 1010. The van der Waals surface area contributed by atoms with Crippen molar-refractivity contribution in [2.75, 3.05) is 27.7 Å². The molecule has 0 saturated carbocycles. The van der Waals surface area contributed by atoms with Gasteiger partial charge < -0.3 is 14.6 Å². The molecule has 5 nitrogen and oxygen atoms in total. The minimum atomic E-state index is -0.372. The van der Waals surface area contributed by atoms with Crippen LogP contribution in [0.4, 0.5) is 11.4 Å². The zero-order valence-corrected chi connectivity index (χ0v) is 17.4. The normalized spacial score (nSPS) is 10.8. The summed E-state index contributed by atoms with van der Waals surface area (Å²) in [5.41, 5.74) is 3.21. The fourth-order valence-corrected chi connectivity index (χ4v) is 3.20. The molecule has 1 N–H and O–H groups in total. The molecular weight excluding hydrogens is 455 g/mol. The van der Waals surface area contributed by atoms with Crippen molar-refractivity contribution in [3.63, 3.8) is 0 Å². The molecule has 3 rings (SSSR count). The van der Waals surface area contributed by atoms with Gasteiger partial charge in [-0.25, -0.2) is 4.79 Å². The first-order valence-electron chi connectivity index (χ1n) is 8.84. The number of benzene rings is 2. The Morgan fingerprint density at radius 1 is 1.07 bits per heavy atom. The predicted molar refractivity (Wildman–Crippen MR) is 119 cm³/mol. The molecule has 1 heterocycles. The SMILES string of the molecule is CCN(CC)c1ccc2cc(-c3ccc(NC(=O)CI)cc3)c(=O)oc2c1. The standard InChI is InChI=1S/C21H21IN2O3/c1-3-24(4-2)17-10-7-15-11-18(21(26)27-19(15)12-17)14-5-8-16(9-6-14)23-20(25)13-22/h5-12H,3-4,13H2,1-2H3,(H,23,25). The van der Waals surface area contributed by atoms with Crippen LogP contribution < -0.4 is 15.8 Å². The summed E-state index contributed by atoms with van der Waals surface area (Å²) >= 11 is 2.01. The van der Waals surface area contributed by atoms with Gasteiger partial charge in [-0.1, -0.05) is 34.7 Å². The van der Waals surface area contributed by atoms with Gasteiger partial charge in [-0.05, 0) is 49.7 Å². The van der Waals surface area contributed by atoms with Crippen LogP contribution in [0.2, 0.25) is 0 Å². The van der Waals surface area contributed by atoms with E-state index < -0.39 is 0 Å². The first-order valence-corrected chi connectivity index (χ1v) is 10.4. The molecule has 140 valence electrons. The number of amides is 1. The average Bonchev–Trinajstić information content (AvgIpc) is 2.69. The summed E-state index contributed by atoms with van der Waals surface area (Å²) in [5.74, 6) is -0.0578. The number of hydrogen-bond donors (Lipinski definition) is 1. The number of halogens is 1. The van der Waals surface area contributed by atoms with E-state index in [4.69, 9.17) is 4.42 Å². The summed E-state index contributed by atoms with van der Waals surface area (Å²) < 4.78 is 5.98. The van der Waals surface area contributed by atoms with Crippen molar-refractivity contribution in [3.05, 3.63) is 59.0 Å². The van der Waals surface area contributed by atoms with Crippen LogP contribution in [0.5, 0.6) is 0 Å². The van der Waals surface area contributed by atoms with E-state index in [9.17, 15) is 9.59 Å². The average molecular weight is 476 g/mol. The largest absolute Gasteiger partial charge is 0.422 e. The van der Waals surface area contributed by atoms with E-state index in [1.807, 2.05) is 59.0 Å². The second-order valence-electron chi connectivity index (χ2n) is 6.10. The Kier molecular flexibility index (Phi) is 6.15. The van der Waals surface area contributed by atoms with Gasteiger partial charge in [-0.3, -0.25) is 4.79 Å². The highest BCUT2D eigenvalue weighted by Gasteiger charge is 2.10. The molecule has 0 radical (unpaired) electrons. The summed E-state index contributed by atoms with van der Waals surface area (Å²) in [5, 5.41) is 3.67. The topological polar surface area (TPSA) is 62.6 Å². The Morgan fingerprint density at radius 2 is 1.78 bits per heavy atom. The van der Waals surface area contributed by atoms with Crippen molar-refractivity contribution >= 4 is 50.8 Å². The van der Waals surface area contributed by atoms with E-state index in [1.54, 1.807) is 12.1 Å². The molecule has 27 heavy (non-hydrogen) atoms. The smallest absolute Gasteiger partial charge is 0.344 e. The maximum absolute atomic E-state index is 12.5. The van der Waals surface area contributed by atoms with Gasteiger partial charge in [-0.2, -0.15) is 0 Å². The van der Waals surface area contributed by atoms with Gasteiger partial charge >= 0.3 is 5.63 Å². The van der Waals surface area contributed by atoms with Crippen molar-refractivity contribution in [3.8, 4) is 11.1 Å². The lowest BCUT2D eigenvalue weighted by molar-refractivity contribution is -0.113. The molecule has 0 unspecified atom stereocenters. The van der Waals surface area contributed by atoms with E-state index in [0.29, 0.717) is 21.3 Å². The number of alkyl halides is 1. The number of nitrogens with zero attached hydrogens (tertiary/aromatic N) is 1. The zero-order chi connectivity index (χ0) is 19.4. The molecule has 1 amide bonds. The highest BCUT2D eigenvalue weighted by molar-refractivity contribution is 14.1. The van der Waals surface area contributed by atoms with Crippen LogP contribution >= 0.6 is 22.6 Å². The lowest BCUT2D eigenvalue weighted by Gasteiger charge is -2.21. The van der Waals surface area contributed by atoms with Crippen molar-refractivity contribution in [2.45, 2.75) is 13.8 Å². The summed E-state index contributed by atoms with van der Waals surface area (Å²) in [7, 11) is 0. The summed E-state index contributed by atoms with van der Waals surface area (Å²) in [6, 6.07) is 15.0. The van der Waals surface area contributed by atoms with Gasteiger partial charge in [0, 0.05) is 35.9 Å². The van der Waals surface area contributed by atoms with E-state index in [2.05, 4.69) is 24.1 Å². The number of nitrogens with one attached hydrogen (secondary N) is 1. The van der Waals surface area contributed by atoms with Gasteiger partial charge in [0.2, 0.25) is 5.91 Å². The van der Waals surface area contributed by atoms with E-state index in [0.717, 1.165) is 29.7 Å². The Labute approximate surface area is 171 Å². The lowest BCUT2D eigenvalue weighted by atomic mass is 10.1. The van der Waals surface area contributed by atoms with Gasteiger partial charge in [0.05, 0.1) is 9.99 Å². The zero-order valence-electron chi connectivity index (χ0n) is 15.3. The molecule has 3 aromatic rings. The van der Waals surface area contributed by atoms with E-state index in [-0.39, 0.29) is 11.5 Å². The number of carbonyl (C=O) groups excluding carboxylic acids is 1. The number of hydrogen-bond acceptors (Lipinski definition) is 4. The van der Waals surface area contributed by atoms with Gasteiger partial charge in [0.15, 0.2) is 0 Å². The number of carbonyl (C=O) groups is 1. The lowest BCUT2D eigenvalue weighted by Crippen LogP contribution is -2.21. The van der Waals surface area contributed by atoms with Crippen LogP contribution in [0, 0.1) is 0 Å². The van der Waals surface area contributed by atoms with Crippen LogP contribution in [-0.4, -0.2) is 23.4 Å². The molecule has 6 heteroatoms. The maximum atomic E-state index is 12.5. The van der Waals surface area contributed by atoms with Crippen molar-refractivity contribution in [1.29, 1.82) is 0 Å². The second-order valence-corrected chi connectivity index (χ2v) is 6.86. The van der Waals surface area contributed by atoms with Crippen LogP contribution in [0.3, 0.4) is 0 Å². The molecule has 0 aliphatic carbocycles. The van der Waals surface area contributed by atoms with Crippen molar-refractivity contribution < 1.29 is 9.21 Å². The van der Waals surface area contributed by atoms with Crippen LogP contribution in [-0.2, 0) is 4.79 Å². The first kappa shape index (κ1) is 19.4. The second kappa shape index (κ2) is 8.56. The van der Waals surface area contributed by atoms with Crippen LogP contribution in [0.15, 0.2) is 57.7 Å². The third-order valence-corrected chi connectivity index (χ3v) is 5.14. The molecule has 0 aliphatic rings. The molecule has 0 bridgehead atoms. The Hall–Kier alpha value is -2.35. The number of rotatable bonds is 6. The summed E-state index contributed by atoms with van der Waals surface area (Å²) in [6.45, 7) is 5.98. The fourth-order valence-electron chi connectivity index (χ4n) is 3.01. The van der Waals surface area contributed by atoms with Crippen molar-refractivity contribution in [2.24, 2.45) is 0 Å². The molecule has 0 atom stereocenters. The fraction of sp³-hybridized carbons (Fsp3) is 0.238. The maximum Gasteiger partial charge on any atom is 0.344 e. The molecule has 2 aromatic carbocycles. The number of fused-ring (bicyclic) bond motifs is 1. The monoisotopic (exact) mass is 476 g/mol. The quantitative estimate of drug-likeness (QED) is 0.319. The molecule has 1 aromatic heterocycles. The van der Waals surface area contributed by atoms with E-state index >= 15 is 0 Å². The highest BCUT2D eigenvalue weighted by Crippen LogP contribution is 2.26. The summed E-state index contributed by atoms with van der Waals surface area (Å²) in [4.78, 5) is 26.2. The van der Waals surface area contributed by atoms with Gasteiger partial charge in [0.1, 0.15) is 5.58 Å².